The SMILES string of the molecule is C=C(CO)C(CCC(C)=O)S(=O)(=O)c1ccc(C)cc1. The fourth-order valence-corrected chi connectivity index (χ4v) is 3.69. The van der Waals surface area contributed by atoms with Crippen molar-refractivity contribution in [1.82, 2.24) is 0 Å². The average Bonchev–Trinajstić information content (AvgIpc) is 2.38. The van der Waals surface area contributed by atoms with Gasteiger partial charge in [0.15, 0.2) is 9.84 Å². The van der Waals surface area contributed by atoms with Crippen molar-refractivity contribution in [1.29, 1.82) is 0 Å². The zero-order chi connectivity index (χ0) is 15.3. The minimum Gasteiger partial charge on any atom is -0.392 e. The zero-order valence-corrected chi connectivity index (χ0v) is 12.6. The Hall–Kier alpha value is -1.46. The van der Waals surface area contributed by atoms with E-state index in [1.54, 1.807) is 12.1 Å². The molecule has 1 unspecified atom stereocenters. The third-order valence-electron chi connectivity index (χ3n) is 3.14. The fraction of sp³-hybridized carbons (Fsp3) is 0.400. The van der Waals surface area contributed by atoms with Gasteiger partial charge in [-0.3, -0.25) is 0 Å². The van der Waals surface area contributed by atoms with Crippen LogP contribution in [-0.2, 0) is 14.6 Å². The quantitative estimate of drug-likeness (QED) is 0.782. The van der Waals surface area contributed by atoms with Gasteiger partial charge in [-0.25, -0.2) is 8.42 Å². The molecule has 1 aromatic carbocycles. The molecule has 0 spiro atoms. The molecule has 110 valence electrons. The van der Waals surface area contributed by atoms with E-state index >= 15 is 0 Å². The van der Waals surface area contributed by atoms with Gasteiger partial charge < -0.3 is 9.90 Å². The maximum absolute atomic E-state index is 12.6. The Labute approximate surface area is 120 Å². The largest absolute Gasteiger partial charge is 0.392 e. The van der Waals surface area contributed by atoms with E-state index in [1.807, 2.05) is 6.92 Å². The number of ketones is 1. The van der Waals surface area contributed by atoms with Crippen LogP contribution < -0.4 is 0 Å². The molecule has 4 nitrogen and oxygen atoms in total. The first-order valence-electron chi connectivity index (χ1n) is 6.37. The first-order valence-corrected chi connectivity index (χ1v) is 7.92. The highest BCUT2D eigenvalue weighted by molar-refractivity contribution is 7.92. The van der Waals surface area contributed by atoms with Gasteiger partial charge >= 0.3 is 0 Å². The molecule has 1 rings (SSSR count). The van der Waals surface area contributed by atoms with Gasteiger partial charge in [-0.2, -0.15) is 0 Å². The first kappa shape index (κ1) is 16.6. The van der Waals surface area contributed by atoms with Crippen molar-refractivity contribution >= 4 is 15.6 Å². The van der Waals surface area contributed by atoms with Crippen molar-refractivity contribution in [2.24, 2.45) is 0 Å². The molecular formula is C15H20O4S. The van der Waals surface area contributed by atoms with Crippen LogP contribution in [0.3, 0.4) is 0 Å². The van der Waals surface area contributed by atoms with Crippen molar-refractivity contribution in [3.8, 4) is 0 Å². The molecule has 1 atom stereocenters. The molecule has 20 heavy (non-hydrogen) atoms. The van der Waals surface area contributed by atoms with Crippen LogP contribution in [0.25, 0.3) is 0 Å². The van der Waals surface area contributed by atoms with E-state index < -0.39 is 21.7 Å². The lowest BCUT2D eigenvalue weighted by atomic mass is 10.1. The Morgan fingerprint density at radius 3 is 2.30 bits per heavy atom. The summed E-state index contributed by atoms with van der Waals surface area (Å²) in [5.74, 6) is -0.0835. The van der Waals surface area contributed by atoms with Crippen LogP contribution in [0.2, 0.25) is 0 Å². The second-order valence-electron chi connectivity index (χ2n) is 4.90. The monoisotopic (exact) mass is 296 g/mol. The Kier molecular flexibility index (Phi) is 5.65. The minimum absolute atomic E-state index is 0.0835. The Bertz CT molecular complexity index is 585. The maximum Gasteiger partial charge on any atom is 0.185 e. The summed E-state index contributed by atoms with van der Waals surface area (Å²) in [5.41, 5.74) is 1.18. The molecule has 0 heterocycles. The van der Waals surface area contributed by atoms with Crippen LogP contribution in [0, 0.1) is 6.92 Å². The molecular weight excluding hydrogens is 276 g/mol. The van der Waals surface area contributed by atoms with Crippen molar-refractivity contribution in [3.05, 3.63) is 42.0 Å². The lowest BCUT2D eigenvalue weighted by molar-refractivity contribution is -0.117. The van der Waals surface area contributed by atoms with Gasteiger partial charge in [0.2, 0.25) is 0 Å². The predicted molar refractivity (Wildman–Crippen MR) is 78.3 cm³/mol. The average molecular weight is 296 g/mol. The summed E-state index contributed by atoms with van der Waals surface area (Å²) in [7, 11) is -3.64. The van der Waals surface area contributed by atoms with Gasteiger partial charge in [0, 0.05) is 6.42 Å². The molecule has 0 aliphatic heterocycles. The summed E-state index contributed by atoms with van der Waals surface area (Å²) < 4.78 is 25.1. The van der Waals surface area contributed by atoms with Gasteiger partial charge in [-0.1, -0.05) is 24.3 Å². The van der Waals surface area contributed by atoms with E-state index in [0.29, 0.717) is 0 Å². The van der Waals surface area contributed by atoms with E-state index in [4.69, 9.17) is 0 Å². The predicted octanol–water partition coefficient (Wildman–Crippen LogP) is 2.06. The molecule has 0 fully saturated rings. The molecule has 0 aliphatic carbocycles. The number of rotatable bonds is 7. The number of hydrogen-bond donors (Lipinski definition) is 1. The van der Waals surface area contributed by atoms with Crippen LogP contribution in [0.1, 0.15) is 25.3 Å². The highest BCUT2D eigenvalue weighted by Crippen LogP contribution is 2.24. The molecule has 0 saturated heterocycles. The number of hydrogen-bond acceptors (Lipinski definition) is 4. The maximum atomic E-state index is 12.6. The molecule has 0 amide bonds. The highest BCUT2D eigenvalue weighted by Gasteiger charge is 2.29. The number of sulfone groups is 1. The number of aryl methyl sites for hydroxylation is 1. The molecule has 1 N–H and O–H groups in total. The Balaban J connectivity index is 3.13. The zero-order valence-electron chi connectivity index (χ0n) is 11.8. The van der Waals surface area contributed by atoms with E-state index in [1.165, 1.54) is 19.1 Å². The summed E-state index contributed by atoms with van der Waals surface area (Å²) in [4.78, 5) is 11.3. The smallest absolute Gasteiger partial charge is 0.185 e. The molecule has 1 aromatic rings. The number of aliphatic hydroxyl groups excluding tert-OH is 1. The molecule has 5 heteroatoms. The highest BCUT2D eigenvalue weighted by atomic mass is 32.2. The van der Waals surface area contributed by atoms with Crippen LogP contribution >= 0.6 is 0 Å². The van der Waals surface area contributed by atoms with Gasteiger partial charge in [0.1, 0.15) is 5.78 Å². The minimum atomic E-state index is -3.64. The summed E-state index contributed by atoms with van der Waals surface area (Å²) in [6.07, 6.45) is 0.291. The molecule has 0 saturated carbocycles. The summed E-state index contributed by atoms with van der Waals surface area (Å²) in [6, 6.07) is 6.51. The van der Waals surface area contributed by atoms with Crippen LogP contribution in [0.15, 0.2) is 41.3 Å². The molecule has 0 aliphatic rings. The number of aliphatic hydroxyl groups is 1. The standard InChI is InChI=1S/C15H20O4S/c1-11-4-7-14(8-5-11)20(18,19)15(12(2)10-16)9-6-13(3)17/h4-5,7-8,15-16H,2,6,9-10H2,1,3H3. The number of carbonyl (C=O) groups is 1. The second-order valence-corrected chi connectivity index (χ2v) is 7.03. The van der Waals surface area contributed by atoms with E-state index in [0.717, 1.165) is 5.56 Å². The van der Waals surface area contributed by atoms with Gasteiger partial charge in [-0.05, 0) is 38.0 Å². The van der Waals surface area contributed by atoms with Crippen molar-refractivity contribution < 1.29 is 18.3 Å². The van der Waals surface area contributed by atoms with Crippen molar-refractivity contribution in [2.75, 3.05) is 6.61 Å². The van der Waals surface area contributed by atoms with E-state index in [9.17, 15) is 18.3 Å². The van der Waals surface area contributed by atoms with Crippen LogP contribution in [-0.4, -0.2) is 31.2 Å². The lowest BCUT2D eigenvalue weighted by Gasteiger charge is -2.18. The Morgan fingerprint density at radius 1 is 1.30 bits per heavy atom. The Morgan fingerprint density at radius 2 is 1.85 bits per heavy atom. The molecule has 0 radical (unpaired) electrons. The number of carbonyl (C=O) groups excluding carboxylic acids is 1. The second kappa shape index (κ2) is 6.81. The van der Waals surface area contributed by atoms with Gasteiger partial charge in [0.05, 0.1) is 16.8 Å². The lowest BCUT2D eigenvalue weighted by Crippen LogP contribution is -2.25. The van der Waals surface area contributed by atoms with Gasteiger partial charge in [-0.15, -0.1) is 0 Å². The van der Waals surface area contributed by atoms with Crippen LogP contribution in [0.5, 0.6) is 0 Å². The third kappa shape index (κ3) is 4.02. The first-order chi connectivity index (χ1) is 9.28. The fourth-order valence-electron chi connectivity index (χ4n) is 1.91. The molecule has 0 bridgehead atoms. The normalized spacial score (nSPS) is 12.9. The van der Waals surface area contributed by atoms with Crippen LogP contribution in [0.4, 0.5) is 0 Å². The van der Waals surface area contributed by atoms with Gasteiger partial charge in [0.25, 0.3) is 0 Å². The van der Waals surface area contributed by atoms with E-state index in [-0.39, 0.29) is 29.1 Å². The number of Topliss-reactive ketones (excluding diaryl/α,β-unsaturated/α-hetero) is 1. The summed E-state index contributed by atoms with van der Waals surface area (Å²) >= 11 is 0. The van der Waals surface area contributed by atoms with E-state index in [2.05, 4.69) is 6.58 Å². The summed E-state index contributed by atoms with van der Waals surface area (Å²) in [5, 5.41) is 8.24. The number of benzene rings is 1. The summed E-state index contributed by atoms with van der Waals surface area (Å²) in [6.45, 7) is 6.50. The third-order valence-corrected chi connectivity index (χ3v) is 5.39. The van der Waals surface area contributed by atoms with Crippen molar-refractivity contribution in [2.45, 2.75) is 36.8 Å². The topological polar surface area (TPSA) is 71.4 Å². The van der Waals surface area contributed by atoms with Crippen molar-refractivity contribution in [3.63, 3.8) is 0 Å². The molecule has 0 aromatic heterocycles.